The summed E-state index contributed by atoms with van der Waals surface area (Å²) in [6, 6.07) is 1.84. The normalized spacial score (nSPS) is 16.6. The van der Waals surface area contributed by atoms with Gasteiger partial charge in [-0.25, -0.2) is 9.78 Å². The van der Waals surface area contributed by atoms with Crippen molar-refractivity contribution in [3.63, 3.8) is 0 Å². The zero-order chi connectivity index (χ0) is 11.8. The first-order valence-electron chi connectivity index (χ1n) is 5.77. The van der Waals surface area contributed by atoms with Crippen molar-refractivity contribution >= 4 is 16.9 Å². The fourth-order valence-corrected chi connectivity index (χ4v) is 2.28. The summed E-state index contributed by atoms with van der Waals surface area (Å²) in [5, 5.41) is 3.31. The number of H-pyrrole nitrogens is 1. The number of aromatic amines is 1. The number of hydrogen-bond donors (Lipinski definition) is 2. The number of anilines is 1. The quantitative estimate of drug-likeness (QED) is 0.708. The average molecular weight is 233 g/mol. The highest BCUT2D eigenvalue weighted by Gasteiger charge is 2.17. The summed E-state index contributed by atoms with van der Waals surface area (Å²) in [6.45, 7) is 3.75. The Morgan fingerprint density at radius 2 is 2.12 bits per heavy atom. The second-order valence-electron chi connectivity index (χ2n) is 4.26. The van der Waals surface area contributed by atoms with Crippen molar-refractivity contribution in [2.75, 3.05) is 31.1 Å². The molecule has 1 aliphatic rings. The van der Waals surface area contributed by atoms with E-state index in [1.165, 1.54) is 0 Å². The van der Waals surface area contributed by atoms with Gasteiger partial charge in [-0.15, -0.1) is 0 Å². The van der Waals surface area contributed by atoms with Gasteiger partial charge in [-0.05, 0) is 6.07 Å². The zero-order valence-electron chi connectivity index (χ0n) is 9.73. The third-order valence-electron chi connectivity index (χ3n) is 3.20. The molecule has 0 radical (unpaired) electrons. The van der Waals surface area contributed by atoms with Crippen molar-refractivity contribution in [1.29, 1.82) is 0 Å². The van der Waals surface area contributed by atoms with Gasteiger partial charge in [0.25, 0.3) is 0 Å². The maximum absolute atomic E-state index is 11.6. The molecule has 0 atom stereocenters. The van der Waals surface area contributed by atoms with Crippen LogP contribution in [0.1, 0.15) is 0 Å². The fourth-order valence-electron chi connectivity index (χ4n) is 2.28. The standard InChI is InChI=1S/C11H15N5O/c1-15-9-8(14-11(15)17)2-3-13-10(9)16-6-4-12-5-7-16/h2-3,12H,4-7H2,1H3,(H,14,17). The second kappa shape index (κ2) is 3.89. The van der Waals surface area contributed by atoms with Crippen molar-refractivity contribution in [2.45, 2.75) is 0 Å². The highest BCUT2D eigenvalue weighted by atomic mass is 16.1. The number of aryl methyl sites for hydroxylation is 1. The van der Waals surface area contributed by atoms with Crippen molar-refractivity contribution in [2.24, 2.45) is 7.05 Å². The van der Waals surface area contributed by atoms with Crippen molar-refractivity contribution in [3.8, 4) is 0 Å². The van der Waals surface area contributed by atoms with Crippen LogP contribution < -0.4 is 15.9 Å². The molecule has 0 unspecified atom stereocenters. The van der Waals surface area contributed by atoms with E-state index >= 15 is 0 Å². The van der Waals surface area contributed by atoms with Crippen LogP contribution in [-0.4, -0.2) is 40.7 Å². The van der Waals surface area contributed by atoms with E-state index in [-0.39, 0.29) is 5.69 Å². The van der Waals surface area contributed by atoms with Crippen LogP contribution in [0.3, 0.4) is 0 Å². The highest BCUT2D eigenvalue weighted by molar-refractivity contribution is 5.86. The molecule has 2 aromatic rings. The molecule has 0 saturated carbocycles. The van der Waals surface area contributed by atoms with Crippen LogP contribution in [0.4, 0.5) is 5.82 Å². The lowest BCUT2D eigenvalue weighted by Gasteiger charge is -2.28. The topological polar surface area (TPSA) is 66.0 Å². The molecule has 1 saturated heterocycles. The van der Waals surface area contributed by atoms with Crippen LogP contribution >= 0.6 is 0 Å². The largest absolute Gasteiger partial charge is 0.352 e. The van der Waals surface area contributed by atoms with Crippen LogP contribution in [0.15, 0.2) is 17.1 Å². The lowest BCUT2D eigenvalue weighted by molar-refractivity contribution is 0.585. The maximum atomic E-state index is 11.6. The Hall–Kier alpha value is -1.82. The Kier molecular flexibility index (Phi) is 2.36. The average Bonchev–Trinajstić information content (AvgIpc) is 2.66. The first kappa shape index (κ1) is 10.3. The molecule has 0 aliphatic carbocycles. The minimum atomic E-state index is -0.0932. The second-order valence-corrected chi connectivity index (χ2v) is 4.26. The van der Waals surface area contributed by atoms with Gasteiger partial charge < -0.3 is 15.2 Å². The van der Waals surface area contributed by atoms with Crippen LogP contribution in [0.5, 0.6) is 0 Å². The number of aromatic nitrogens is 3. The first-order valence-corrected chi connectivity index (χ1v) is 5.77. The summed E-state index contributed by atoms with van der Waals surface area (Å²) in [5.74, 6) is 0.893. The molecule has 3 heterocycles. The summed E-state index contributed by atoms with van der Waals surface area (Å²) in [7, 11) is 1.77. The number of hydrogen-bond acceptors (Lipinski definition) is 4. The molecule has 1 aliphatic heterocycles. The molecule has 17 heavy (non-hydrogen) atoms. The number of rotatable bonds is 1. The van der Waals surface area contributed by atoms with Gasteiger partial charge in [-0.1, -0.05) is 0 Å². The Morgan fingerprint density at radius 3 is 2.88 bits per heavy atom. The van der Waals surface area contributed by atoms with Gasteiger partial charge in [0.15, 0.2) is 5.82 Å². The zero-order valence-corrected chi connectivity index (χ0v) is 9.73. The highest BCUT2D eigenvalue weighted by Crippen LogP contribution is 2.21. The van der Waals surface area contributed by atoms with Crippen LogP contribution in [0, 0.1) is 0 Å². The first-order chi connectivity index (χ1) is 8.27. The van der Waals surface area contributed by atoms with E-state index < -0.39 is 0 Å². The van der Waals surface area contributed by atoms with Gasteiger partial charge in [0.05, 0.1) is 5.52 Å². The summed E-state index contributed by atoms with van der Waals surface area (Å²) in [6.07, 6.45) is 1.75. The minimum Gasteiger partial charge on any atom is -0.352 e. The van der Waals surface area contributed by atoms with Crippen molar-refractivity contribution in [3.05, 3.63) is 22.7 Å². The van der Waals surface area contributed by atoms with Crippen LogP contribution in [0.2, 0.25) is 0 Å². The number of fused-ring (bicyclic) bond motifs is 1. The van der Waals surface area contributed by atoms with Gasteiger partial charge in [0.1, 0.15) is 5.52 Å². The molecule has 0 amide bonds. The molecule has 6 nitrogen and oxygen atoms in total. The lowest BCUT2D eigenvalue weighted by atomic mass is 10.3. The predicted octanol–water partition coefficient (Wildman–Crippen LogP) is -0.329. The third-order valence-corrected chi connectivity index (χ3v) is 3.20. The summed E-state index contributed by atoms with van der Waals surface area (Å²) in [4.78, 5) is 21.1. The van der Waals surface area contributed by atoms with Gasteiger partial charge in [-0.2, -0.15) is 0 Å². The number of piperazine rings is 1. The lowest BCUT2D eigenvalue weighted by Crippen LogP contribution is -2.44. The molecule has 6 heteroatoms. The van der Waals surface area contributed by atoms with E-state index in [1.54, 1.807) is 17.8 Å². The Balaban J connectivity index is 2.18. The minimum absolute atomic E-state index is 0.0932. The fraction of sp³-hybridized carbons (Fsp3) is 0.455. The monoisotopic (exact) mass is 233 g/mol. The molecular formula is C11H15N5O. The predicted molar refractivity (Wildman–Crippen MR) is 66.4 cm³/mol. The molecule has 2 N–H and O–H groups in total. The van der Waals surface area contributed by atoms with E-state index in [4.69, 9.17) is 0 Å². The number of nitrogens with zero attached hydrogens (tertiary/aromatic N) is 3. The molecule has 90 valence electrons. The molecular weight excluding hydrogens is 218 g/mol. The van der Waals surface area contributed by atoms with Gasteiger partial charge in [-0.3, -0.25) is 4.57 Å². The molecule has 3 rings (SSSR count). The maximum Gasteiger partial charge on any atom is 0.326 e. The Labute approximate surface area is 98.3 Å². The Bertz CT molecular complexity index is 593. The summed E-state index contributed by atoms with van der Waals surface area (Å²) >= 11 is 0. The van der Waals surface area contributed by atoms with Gasteiger partial charge >= 0.3 is 5.69 Å². The SMILES string of the molecule is Cn1c(=O)[nH]c2ccnc(N3CCNCC3)c21. The van der Waals surface area contributed by atoms with Gasteiger partial charge in [0.2, 0.25) is 0 Å². The molecule has 0 aromatic carbocycles. The summed E-state index contributed by atoms with van der Waals surface area (Å²) in [5.41, 5.74) is 1.64. The van der Waals surface area contributed by atoms with E-state index in [2.05, 4.69) is 20.2 Å². The third kappa shape index (κ3) is 1.61. The molecule has 0 spiro atoms. The smallest absolute Gasteiger partial charge is 0.326 e. The molecule has 0 bridgehead atoms. The van der Waals surface area contributed by atoms with Crippen LogP contribution in [-0.2, 0) is 7.05 Å². The van der Waals surface area contributed by atoms with E-state index in [9.17, 15) is 4.79 Å². The number of nitrogens with one attached hydrogen (secondary N) is 2. The number of pyridine rings is 1. The van der Waals surface area contributed by atoms with Crippen LogP contribution in [0.25, 0.3) is 11.0 Å². The number of imidazole rings is 1. The molecule has 1 fully saturated rings. The van der Waals surface area contributed by atoms with Gasteiger partial charge in [0, 0.05) is 39.4 Å². The van der Waals surface area contributed by atoms with E-state index in [1.807, 2.05) is 6.07 Å². The Morgan fingerprint density at radius 1 is 1.35 bits per heavy atom. The van der Waals surface area contributed by atoms with Crippen molar-refractivity contribution < 1.29 is 0 Å². The van der Waals surface area contributed by atoms with E-state index in [0.29, 0.717) is 0 Å². The van der Waals surface area contributed by atoms with Crippen molar-refractivity contribution in [1.82, 2.24) is 19.9 Å². The van der Waals surface area contributed by atoms with E-state index in [0.717, 1.165) is 43.0 Å². The molecule has 2 aromatic heterocycles. The summed E-state index contributed by atoms with van der Waals surface area (Å²) < 4.78 is 1.62.